The van der Waals surface area contributed by atoms with Crippen LogP contribution >= 0.6 is 0 Å². The zero-order valence-corrected chi connectivity index (χ0v) is 6.09. The van der Waals surface area contributed by atoms with Crippen LogP contribution < -0.4 is 5.11 Å². The average molecular weight is 147 g/mol. The topological polar surface area (TPSA) is 51.7 Å². The summed E-state index contributed by atoms with van der Waals surface area (Å²) in [6, 6.07) is 3.65. The molecule has 3 heteroatoms. The van der Waals surface area contributed by atoms with E-state index in [1.165, 1.54) is 0 Å². The molecule has 1 aromatic heterocycles. The van der Waals surface area contributed by atoms with Crippen molar-refractivity contribution in [1.82, 2.24) is 10.2 Å². The molecule has 0 amide bonds. The Hall–Kier alpha value is -1.51. The number of nitrogens with one attached hydrogen (secondary N) is 1. The third-order valence-corrected chi connectivity index (χ3v) is 1.77. The lowest BCUT2D eigenvalue weighted by Crippen LogP contribution is -1.92. The summed E-state index contributed by atoms with van der Waals surface area (Å²) in [7, 11) is 0. The van der Waals surface area contributed by atoms with Gasteiger partial charge in [-0.15, -0.1) is 0 Å². The van der Waals surface area contributed by atoms with E-state index in [1.807, 2.05) is 6.07 Å². The Morgan fingerprint density at radius 1 is 1.45 bits per heavy atom. The van der Waals surface area contributed by atoms with Crippen LogP contribution in [-0.2, 0) is 0 Å². The highest BCUT2D eigenvalue weighted by molar-refractivity contribution is 5.85. The molecule has 0 atom stereocenters. The number of fused-ring (bicyclic) bond motifs is 1. The van der Waals surface area contributed by atoms with Gasteiger partial charge < -0.3 is 5.11 Å². The van der Waals surface area contributed by atoms with Crippen LogP contribution in [0.4, 0.5) is 0 Å². The standard InChI is InChI=1S/C8H8N2O/c1-5-2-3-7-6(8(5)11)4-9-10-7/h2-4,11H,1H3,(H,9,10)/p-1. The van der Waals surface area contributed by atoms with Gasteiger partial charge in [0.05, 0.1) is 11.7 Å². The van der Waals surface area contributed by atoms with Crippen LogP contribution in [0.15, 0.2) is 18.3 Å². The maximum atomic E-state index is 11.3. The van der Waals surface area contributed by atoms with Gasteiger partial charge in [-0.3, -0.25) is 5.10 Å². The number of H-pyrrole nitrogens is 1. The first kappa shape index (κ1) is 6.22. The Bertz CT molecular complexity index is 392. The van der Waals surface area contributed by atoms with Crippen molar-refractivity contribution in [2.24, 2.45) is 0 Å². The summed E-state index contributed by atoms with van der Waals surface area (Å²) in [4.78, 5) is 0. The molecule has 0 radical (unpaired) electrons. The van der Waals surface area contributed by atoms with Gasteiger partial charge in [-0.05, 0) is 13.0 Å². The van der Waals surface area contributed by atoms with Crippen molar-refractivity contribution in [3.8, 4) is 5.75 Å². The van der Waals surface area contributed by atoms with Crippen LogP contribution in [0.5, 0.6) is 5.75 Å². The van der Waals surface area contributed by atoms with Crippen LogP contribution in [0.3, 0.4) is 0 Å². The lowest BCUT2D eigenvalue weighted by atomic mass is 10.1. The van der Waals surface area contributed by atoms with Crippen LogP contribution in [-0.4, -0.2) is 10.2 Å². The molecule has 1 heterocycles. The zero-order chi connectivity index (χ0) is 7.84. The number of aromatic nitrogens is 2. The van der Waals surface area contributed by atoms with Gasteiger partial charge in [0.1, 0.15) is 0 Å². The van der Waals surface area contributed by atoms with E-state index in [0.717, 1.165) is 11.1 Å². The summed E-state index contributed by atoms with van der Waals surface area (Å²) in [5, 5.41) is 18.5. The van der Waals surface area contributed by atoms with Gasteiger partial charge in [-0.1, -0.05) is 17.4 Å². The van der Waals surface area contributed by atoms with Crippen LogP contribution in [0.2, 0.25) is 0 Å². The molecule has 1 N–H and O–H groups in total. The molecule has 11 heavy (non-hydrogen) atoms. The molecule has 0 unspecified atom stereocenters. The lowest BCUT2D eigenvalue weighted by molar-refractivity contribution is -0.266. The second kappa shape index (κ2) is 1.99. The van der Waals surface area contributed by atoms with Gasteiger partial charge in [-0.2, -0.15) is 5.10 Å². The molecule has 0 bridgehead atoms. The van der Waals surface area contributed by atoms with Crippen molar-refractivity contribution in [2.45, 2.75) is 6.92 Å². The van der Waals surface area contributed by atoms with Crippen molar-refractivity contribution in [3.63, 3.8) is 0 Å². The molecule has 0 saturated heterocycles. The fraction of sp³-hybridized carbons (Fsp3) is 0.125. The molecule has 0 fully saturated rings. The minimum absolute atomic E-state index is 0.0660. The van der Waals surface area contributed by atoms with E-state index in [4.69, 9.17) is 0 Å². The Balaban J connectivity index is 2.93. The summed E-state index contributed by atoms with van der Waals surface area (Å²) in [6.45, 7) is 1.80. The highest BCUT2D eigenvalue weighted by Crippen LogP contribution is 2.23. The average Bonchev–Trinajstić information content (AvgIpc) is 2.45. The molecule has 1 aromatic carbocycles. The number of aromatic amines is 1. The zero-order valence-electron chi connectivity index (χ0n) is 6.09. The van der Waals surface area contributed by atoms with E-state index in [-0.39, 0.29) is 5.75 Å². The van der Waals surface area contributed by atoms with Crippen molar-refractivity contribution in [2.75, 3.05) is 0 Å². The first-order chi connectivity index (χ1) is 5.29. The number of aryl methyl sites for hydroxylation is 1. The lowest BCUT2D eigenvalue weighted by Gasteiger charge is -2.09. The van der Waals surface area contributed by atoms with Gasteiger partial charge in [0.15, 0.2) is 0 Å². The summed E-state index contributed by atoms with van der Waals surface area (Å²) < 4.78 is 0. The minimum atomic E-state index is 0.0660. The summed E-state index contributed by atoms with van der Waals surface area (Å²) in [6.07, 6.45) is 1.56. The molecule has 0 aliphatic rings. The number of rotatable bonds is 0. The first-order valence-corrected chi connectivity index (χ1v) is 3.39. The SMILES string of the molecule is Cc1ccc2[nH]ncc2c1[O-]. The van der Waals surface area contributed by atoms with Gasteiger partial charge in [-0.25, -0.2) is 0 Å². The highest BCUT2D eigenvalue weighted by atomic mass is 16.3. The van der Waals surface area contributed by atoms with Crippen molar-refractivity contribution >= 4 is 10.9 Å². The molecule has 0 spiro atoms. The summed E-state index contributed by atoms with van der Waals surface area (Å²) in [5.41, 5.74) is 1.57. The number of benzene rings is 1. The monoisotopic (exact) mass is 147 g/mol. The van der Waals surface area contributed by atoms with Crippen molar-refractivity contribution in [1.29, 1.82) is 0 Å². The molecular formula is C8H7N2O-. The molecule has 0 aliphatic heterocycles. The van der Waals surface area contributed by atoms with Crippen LogP contribution in [0, 0.1) is 6.92 Å². The third-order valence-electron chi connectivity index (χ3n) is 1.77. The Morgan fingerprint density at radius 3 is 3.09 bits per heavy atom. The van der Waals surface area contributed by atoms with E-state index < -0.39 is 0 Å². The Morgan fingerprint density at radius 2 is 2.27 bits per heavy atom. The Labute approximate surface area is 63.7 Å². The largest absolute Gasteiger partial charge is 0.872 e. The quantitative estimate of drug-likeness (QED) is 0.603. The van der Waals surface area contributed by atoms with E-state index in [1.54, 1.807) is 19.2 Å². The maximum Gasteiger partial charge on any atom is 0.0644 e. The van der Waals surface area contributed by atoms with E-state index >= 15 is 0 Å². The fourth-order valence-corrected chi connectivity index (χ4v) is 1.10. The second-order valence-electron chi connectivity index (χ2n) is 2.54. The summed E-state index contributed by atoms with van der Waals surface area (Å²) >= 11 is 0. The predicted octanol–water partition coefficient (Wildman–Crippen LogP) is 0.945. The molecule has 0 aliphatic carbocycles. The molecule has 3 nitrogen and oxygen atoms in total. The molecule has 56 valence electrons. The van der Waals surface area contributed by atoms with Gasteiger partial charge in [0.25, 0.3) is 0 Å². The fourth-order valence-electron chi connectivity index (χ4n) is 1.10. The summed E-state index contributed by atoms with van der Waals surface area (Å²) in [5.74, 6) is 0.0660. The first-order valence-electron chi connectivity index (χ1n) is 3.39. The number of hydrogen-bond acceptors (Lipinski definition) is 2. The van der Waals surface area contributed by atoms with E-state index in [0.29, 0.717) is 5.39 Å². The molecule has 2 rings (SSSR count). The van der Waals surface area contributed by atoms with E-state index in [9.17, 15) is 5.11 Å². The molecular weight excluding hydrogens is 140 g/mol. The van der Waals surface area contributed by atoms with Gasteiger partial charge in [0.2, 0.25) is 0 Å². The normalized spacial score (nSPS) is 10.6. The maximum absolute atomic E-state index is 11.3. The molecule has 2 aromatic rings. The Kier molecular flexibility index (Phi) is 1.12. The molecule has 0 saturated carbocycles. The van der Waals surface area contributed by atoms with Crippen molar-refractivity contribution < 1.29 is 5.11 Å². The minimum Gasteiger partial charge on any atom is -0.872 e. The smallest absolute Gasteiger partial charge is 0.0644 e. The number of hydrogen-bond donors (Lipinski definition) is 1. The van der Waals surface area contributed by atoms with Gasteiger partial charge >= 0.3 is 0 Å². The van der Waals surface area contributed by atoms with Crippen molar-refractivity contribution in [3.05, 3.63) is 23.9 Å². The second-order valence-corrected chi connectivity index (χ2v) is 2.54. The highest BCUT2D eigenvalue weighted by Gasteiger charge is 1.95. The third kappa shape index (κ3) is 0.774. The number of nitrogens with zero attached hydrogens (tertiary/aromatic N) is 1. The van der Waals surface area contributed by atoms with Crippen LogP contribution in [0.25, 0.3) is 10.9 Å². The van der Waals surface area contributed by atoms with E-state index in [2.05, 4.69) is 10.2 Å². The van der Waals surface area contributed by atoms with Gasteiger partial charge in [0, 0.05) is 5.39 Å². The predicted molar refractivity (Wildman–Crippen MR) is 40.3 cm³/mol. The van der Waals surface area contributed by atoms with Crippen LogP contribution in [0.1, 0.15) is 5.56 Å².